The fraction of sp³-hybridized carbons (Fsp3) is 0.231. The first-order chi connectivity index (χ1) is 9.47. The second-order valence-electron chi connectivity index (χ2n) is 4.09. The van der Waals surface area contributed by atoms with Crippen LogP contribution < -0.4 is 10.3 Å². The Bertz CT molecular complexity index is 716. The minimum Gasteiger partial charge on any atom is -0.457 e. The Morgan fingerprint density at radius 1 is 1.45 bits per heavy atom. The molecule has 1 heterocycles. The molecule has 0 aliphatic rings. The number of nitrogen functional groups attached to an aromatic ring is 1. The summed E-state index contributed by atoms with van der Waals surface area (Å²) in [5.74, 6) is -1.98. The molecule has 0 aliphatic heterocycles. The summed E-state index contributed by atoms with van der Waals surface area (Å²) in [7, 11) is 0. The number of nitrogens with two attached hydrogens (primary N) is 1. The molecule has 0 bridgehead atoms. The third kappa shape index (κ3) is 2.30. The van der Waals surface area contributed by atoms with Crippen molar-refractivity contribution in [1.82, 2.24) is 4.98 Å². The summed E-state index contributed by atoms with van der Waals surface area (Å²) < 4.78 is 5.73. The summed E-state index contributed by atoms with van der Waals surface area (Å²) >= 11 is 5.93. The highest BCUT2D eigenvalue weighted by Crippen LogP contribution is 2.19. The number of para-hydroxylation sites is 1. The minimum atomic E-state index is -0.991. The van der Waals surface area contributed by atoms with Crippen LogP contribution in [-0.4, -0.2) is 23.5 Å². The average Bonchev–Trinajstić information content (AvgIpc) is 2.41. The summed E-state index contributed by atoms with van der Waals surface area (Å²) in [5.41, 5.74) is 7.50. The fourth-order valence-electron chi connectivity index (χ4n) is 1.85. The highest BCUT2D eigenvalue weighted by molar-refractivity contribution is 6.33. The third-order valence-electron chi connectivity index (χ3n) is 2.77. The molecule has 20 heavy (non-hydrogen) atoms. The van der Waals surface area contributed by atoms with Crippen molar-refractivity contribution in [2.45, 2.75) is 13.8 Å². The van der Waals surface area contributed by atoms with E-state index in [1.54, 1.807) is 19.1 Å². The van der Waals surface area contributed by atoms with E-state index in [9.17, 15) is 9.59 Å². The van der Waals surface area contributed by atoms with Crippen molar-refractivity contribution in [3.8, 4) is 0 Å². The molecule has 2 aromatic rings. The number of fused-ring (bicyclic) bond motifs is 1. The van der Waals surface area contributed by atoms with Crippen molar-refractivity contribution in [2.75, 3.05) is 12.3 Å². The number of anilines is 1. The highest BCUT2D eigenvalue weighted by Gasteiger charge is 2.30. The van der Waals surface area contributed by atoms with Crippen molar-refractivity contribution in [2.24, 2.45) is 0 Å². The van der Waals surface area contributed by atoms with E-state index in [0.717, 1.165) is 10.1 Å². The maximum atomic E-state index is 12.2. The summed E-state index contributed by atoms with van der Waals surface area (Å²) in [4.78, 5) is 27.9. The van der Waals surface area contributed by atoms with Crippen LogP contribution in [0.4, 0.5) is 5.82 Å². The van der Waals surface area contributed by atoms with E-state index in [2.05, 4.69) is 4.98 Å². The molecule has 0 radical (unpaired) electrons. The molecule has 2 N–H and O–H groups in total. The van der Waals surface area contributed by atoms with Crippen LogP contribution in [0.3, 0.4) is 0 Å². The van der Waals surface area contributed by atoms with Gasteiger partial charge in [-0.25, -0.2) is 14.6 Å². The molecule has 0 saturated carbocycles. The van der Waals surface area contributed by atoms with Crippen LogP contribution in [0.1, 0.15) is 17.3 Å². The number of rotatable bonds is 1. The molecule has 1 aromatic carbocycles. The van der Waals surface area contributed by atoms with Crippen molar-refractivity contribution < 1.29 is 18.9 Å². The number of carbonyl (C=O) groups is 2. The van der Waals surface area contributed by atoms with Crippen molar-refractivity contribution in [1.29, 1.82) is 0 Å². The lowest BCUT2D eigenvalue weighted by atomic mass is 10.2. The van der Waals surface area contributed by atoms with Crippen LogP contribution in [0.5, 0.6) is 0 Å². The number of halogens is 1. The van der Waals surface area contributed by atoms with Gasteiger partial charge >= 0.3 is 17.7 Å². The van der Waals surface area contributed by atoms with Crippen LogP contribution in [0, 0.1) is 6.92 Å². The Balaban J connectivity index is 2.74. The molecule has 0 fully saturated rings. The number of ether oxygens (including phenoxy) is 1. The van der Waals surface area contributed by atoms with Gasteiger partial charge in [0.05, 0.1) is 6.61 Å². The van der Waals surface area contributed by atoms with Crippen LogP contribution in [0.15, 0.2) is 18.2 Å². The molecule has 0 spiro atoms. The van der Waals surface area contributed by atoms with Gasteiger partial charge in [-0.3, -0.25) is 5.73 Å². The second kappa shape index (κ2) is 5.42. The Hall–Kier alpha value is -2.21. The molecule has 0 unspecified atom stereocenters. The molecular formula is C13H13ClN3O3+. The predicted octanol–water partition coefficient (Wildman–Crippen LogP) is 1.27. The van der Waals surface area contributed by atoms with Gasteiger partial charge in [-0.15, -0.1) is 4.57 Å². The van der Waals surface area contributed by atoms with E-state index in [1.165, 1.54) is 0 Å². The summed E-state index contributed by atoms with van der Waals surface area (Å²) in [6.45, 7) is 3.53. The minimum absolute atomic E-state index is 0.0375. The SMILES string of the molecule is CCOC(=O)C(=O)[n+]1c(N)c(Cl)nc2c(C)cccc21. The molecular weight excluding hydrogens is 282 g/mol. The number of nitrogens with zero attached hydrogens (tertiary/aromatic N) is 2. The summed E-state index contributed by atoms with van der Waals surface area (Å²) in [6, 6.07) is 5.20. The molecule has 7 heteroatoms. The Labute approximate surface area is 120 Å². The summed E-state index contributed by atoms with van der Waals surface area (Å²) in [6.07, 6.45) is 0. The maximum Gasteiger partial charge on any atom is 0.424 e. The standard InChI is InChI=1S/C13H12ClN3O3/c1-3-20-13(19)12(18)17-8-6-4-5-7(2)9(8)16-10(14)11(17)15/h4-6,15H,3H2,1-2H3/p+1. The van der Waals surface area contributed by atoms with Gasteiger partial charge in [-0.2, -0.15) is 0 Å². The van der Waals surface area contributed by atoms with Crippen LogP contribution in [-0.2, 0) is 9.53 Å². The molecule has 1 aromatic heterocycles. The zero-order valence-electron chi connectivity index (χ0n) is 11.0. The van der Waals surface area contributed by atoms with Gasteiger partial charge in [0.15, 0.2) is 5.52 Å². The Kier molecular flexibility index (Phi) is 3.85. The van der Waals surface area contributed by atoms with E-state index in [0.29, 0.717) is 11.0 Å². The van der Waals surface area contributed by atoms with Gasteiger partial charge in [-0.05, 0) is 25.5 Å². The van der Waals surface area contributed by atoms with Crippen molar-refractivity contribution >= 4 is 40.3 Å². The number of aromatic nitrogens is 2. The van der Waals surface area contributed by atoms with E-state index in [1.807, 2.05) is 13.0 Å². The summed E-state index contributed by atoms with van der Waals surface area (Å²) in [5, 5.41) is -0.0375. The lowest BCUT2D eigenvalue weighted by Crippen LogP contribution is -2.50. The Morgan fingerprint density at radius 2 is 2.15 bits per heavy atom. The monoisotopic (exact) mass is 294 g/mol. The average molecular weight is 295 g/mol. The van der Waals surface area contributed by atoms with E-state index in [-0.39, 0.29) is 17.6 Å². The molecule has 6 nitrogen and oxygen atoms in total. The largest absolute Gasteiger partial charge is 0.457 e. The number of carbonyl (C=O) groups excluding carboxylic acids is 2. The lowest BCUT2D eigenvalue weighted by molar-refractivity contribution is -0.526. The second-order valence-corrected chi connectivity index (χ2v) is 4.45. The van der Waals surface area contributed by atoms with Crippen LogP contribution in [0.25, 0.3) is 11.0 Å². The number of aryl methyl sites for hydroxylation is 1. The molecule has 0 atom stereocenters. The maximum absolute atomic E-state index is 12.2. The van der Waals surface area contributed by atoms with Crippen molar-refractivity contribution in [3.63, 3.8) is 0 Å². The molecule has 2 rings (SSSR count). The van der Waals surface area contributed by atoms with Gasteiger partial charge in [0, 0.05) is 0 Å². The van der Waals surface area contributed by atoms with E-state index < -0.39 is 11.9 Å². The smallest absolute Gasteiger partial charge is 0.424 e. The molecule has 0 aliphatic carbocycles. The number of esters is 1. The fourth-order valence-corrected chi connectivity index (χ4v) is 2.02. The zero-order chi connectivity index (χ0) is 14.9. The third-order valence-corrected chi connectivity index (χ3v) is 3.05. The normalized spacial score (nSPS) is 10.6. The van der Waals surface area contributed by atoms with Crippen LogP contribution in [0.2, 0.25) is 5.15 Å². The predicted molar refractivity (Wildman–Crippen MR) is 73.4 cm³/mol. The zero-order valence-corrected chi connectivity index (χ0v) is 11.8. The molecule has 104 valence electrons. The first kappa shape index (κ1) is 14.2. The quantitative estimate of drug-likeness (QED) is 0.486. The first-order valence-electron chi connectivity index (χ1n) is 5.95. The molecule has 0 saturated heterocycles. The number of hydrogen-bond donors (Lipinski definition) is 1. The van der Waals surface area contributed by atoms with Crippen molar-refractivity contribution in [3.05, 3.63) is 28.9 Å². The highest BCUT2D eigenvalue weighted by atomic mass is 35.5. The van der Waals surface area contributed by atoms with Gasteiger partial charge in [0.2, 0.25) is 5.15 Å². The van der Waals surface area contributed by atoms with E-state index in [4.69, 9.17) is 22.1 Å². The lowest BCUT2D eigenvalue weighted by Gasteiger charge is -2.07. The van der Waals surface area contributed by atoms with Crippen LogP contribution >= 0.6 is 11.6 Å². The topological polar surface area (TPSA) is 86.2 Å². The number of hydrogen-bond acceptors (Lipinski definition) is 5. The van der Waals surface area contributed by atoms with Gasteiger partial charge in [0.25, 0.3) is 0 Å². The van der Waals surface area contributed by atoms with Gasteiger partial charge < -0.3 is 4.74 Å². The molecule has 0 amide bonds. The number of benzene rings is 1. The Morgan fingerprint density at radius 3 is 2.80 bits per heavy atom. The first-order valence-corrected chi connectivity index (χ1v) is 6.33. The van der Waals surface area contributed by atoms with E-state index >= 15 is 0 Å². The van der Waals surface area contributed by atoms with Gasteiger partial charge in [-0.1, -0.05) is 23.7 Å². The van der Waals surface area contributed by atoms with Gasteiger partial charge in [0.1, 0.15) is 5.52 Å².